The zero-order valence-corrected chi connectivity index (χ0v) is 18.5. The van der Waals surface area contributed by atoms with Crippen molar-refractivity contribution in [2.75, 3.05) is 24.5 Å². The van der Waals surface area contributed by atoms with Crippen molar-refractivity contribution in [2.24, 2.45) is 0 Å². The lowest BCUT2D eigenvalue weighted by Gasteiger charge is -2.36. The number of halogens is 1. The van der Waals surface area contributed by atoms with E-state index in [1.54, 1.807) is 18.2 Å². The maximum absolute atomic E-state index is 13.9. The molecule has 32 heavy (non-hydrogen) atoms. The van der Waals surface area contributed by atoms with Crippen molar-refractivity contribution < 1.29 is 18.8 Å². The Morgan fingerprint density at radius 2 is 1.94 bits per heavy atom. The van der Waals surface area contributed by atoms with Crippen LogP contribution in [-0.2, 0) is 16.0 Å². The highest BCUT2D eigenvalue weighted by molar-refractivity contribution is 8.18. The fourth-order valence-electron chi connectivity index (χ4n) is 3.94. The highest BCUT2D eigenvalue weighted by Gasteiger charge is 2.35. The second-order valence-corrected chi connectivity index (χ2v) is 8.84. The average Bonchev–Trinajstić information content (AvgIpc) is 3.04. The number of aryl methyl sites for hydroxylation is 1. The summed E-state index contributed by atoms with van der Waals surface area (Å²) in [5.74, 6) is -1.10. The van der Waals surface area contributed by atoms with Gasteiger partial charge in [0.15, 0.2) is 0 Å². The number of carbonyl (C=O) groups excluding carboxylic acids is 3. The summed E-state index contributed by atoms with van der Waals surface area (Å²) in [6.07, 6.45) is 3.36. The molecule has 2 aromatic carbocycles. The maximum Gasteiger partial charge on any atom is 0.293 e. The molecule has 0 aliphatic carbocycles. The highest BCUT2D eigenvalue weighted by atomic mass is 32.2. The van der Waals surface area contributed by atoms with Gasteiger partial charge < -0.3 is 10.2 Å². The smallest absolute Gasteiger partial charge is 0.293 e. The molecule has 0 spiro atoms. The van der Waals surface area contributed by atoms with Crippen LogP contribution in [0.2, 0.25) is 0 Å². The Bertz CT molecular complexity index is 1090. The summed E-state index contributed by atoms with van der Waals surface area (Å²) in [7, 11) is 0. The first-order valence-corrected chi connectivity index (χ1v) is 11.4. The van der Waals surface area contributed by atoms with E-state index < -0.39 is 17.0 Å². The lowest BCUT2D eigenvalue weighted by Crippen LogP contribution is -2.46. The third kappa shape index (κ3) is 4.70. The Morgan fingerprint density at radius 1 is 1.19 bits per heavy atom. The SMILES string of the molecule is CC1CCc2ccccc2N1CC(=O)NCCN1C(=O)S/C(=C\c2ccccc2F)C1=O. The van der Waals surface area contributed by atoms with E-state index in [-0.39, 0.29) is 42.1 Å². The Morgan fingerprint density at radius 3 is 2.75 bits per heavy atom. The Balaban J connectivity index is 1.33. The standard InChI is InChI=1S/C24H24FN3O3S/c1-16-10-11-17-6-3-5-9-20(17)28(16)15-22(29)26-12-13-27-23(30)21(32-24(27)31)14-18-7-2-4-8-19(18)25/h2-9,14,16H,10-13,15H2,1H3,(H,26,29)/b21-14-. The number of thioether (sulfide) groups is 1. The summed E-state index contributed by atoms with van der Waals surface area (Å²) >= 11 is 0.776. The van der Waals surface area contributed by atoms with Crippen LogP contribution in [0.4, 0.5) is 14.9 Å². The van der Waals surface area contributed by atoms with E-state index in [0.717, 1.165) is 35.2 Å². The van der Waals surface area contributed by atoms with Gasteiger partial charge in [0.25, 0.3) is 11.1 Å². The third-order valence-corrected chi connectivity index (χ3v) is 6.61. The van der Waals surface area contributed by atoms with Crippen LogP contribution in [0.5, 0.6) is 0 Å². The Hall–Kier alpha value is -3.13. The molecule has 2 aliphatic rings. The second-order valence-electron chi connectivity index (χ2n) is 7.85. The molecule has 6 nitrogen and oxygen atoms in total. The van der Waals surface area contributed by atoms with Crippen LogP contribution in [-0.4, -0.2) is 47.6 Å². The first-order chi connectivity index (χ1) is 15.4. The molecule has 1 N–H and O–H groups in total. The number of imide groups is 1. The molecule has 0 radical (unpaired) electrons. The number of hydrogen-bond donors (Lipinski definition) is 1. The van der Waals surface area contributed by atoms with Crippen molar-refractivity contribution in [3.63, 3.8) is 0 Å². The monoisotopic (exact) mass is 453 g/mol. The first-order valence-electron chi connectivity index (χ1n) is 10.5. The van der Waals surface area contributed by atoms with E-state index in [2.05, 4.69) is 23.2 Å². The minimum atomic E-state index is -0.476. The third-order valence-electron chi connectivity index (χ3n) is 5.70. The molecular formula is C24H24FN3O3S. The molecule has 1 unspecified atom stereocenters. The molecule has 166 valence electrons. The fraction of sp³-hybridized carbons (Fsp3) is 0.292. The number of anilines is 1. The van der Waals surface area contributed by atoms with E-state index in [4.69, 9.17) is 0 Å². The fourth-order valence-corrected chi connectivity index (χ4v) is 4.80. The van der Waals surface area contributed by atoms with Gasteiger partial charge >= 0.3 is 0 Å². The molecule has 3 amide bonds. The Kier molecular flexibility index (Phi) is 6.60. The summed E-state index contributed by atoms with van der Waals surface area (Å²) in [5, 5.41) is 2.38. The normalized spacial score (nSPS) is 19.4. The largest absolute Gasteiger partial charge is 0.359 e. The molecule has 4 rings (SSSR count). The molecule has 2 aliphatic heterocycles. The molecule has 0 saturated carbocycles. The van der Waals surface area contributed by atoms with Crippen LogP contribution < -0.4 is 10.2 Å². The van der Waals surface area contributed by atoms with Gasteiger partial charge in [-0.3, -0.25) is 19.3 Å². The van der Waals surface area contributed by atoms with Gasteiger partial charge in [-0.2, -0.15) is 0 Å². The van der Waals surface area contributed by atoms with Crippen LogP contribution in [0.1, 0.15) is 24.5 Å². The van der Waals surface area contributed by atoms with E-state index in [1.165, 1.54) is 17.7 Å². The number of benzene rings is 2. The summed E-state index contributed by atoms with van der Waals surface area (Å²) < 4.78 is 13.9. The van der Waals surface area contributed by atoms with E-state index in [1.807, 2.05) is 18.2 Å². The summed E-state index contributed by atoms with van der Waals surface area (Å²) in [5.41, 5.74) is 2.56. The first kappa shape index (κ1) is 22.1. The van der Waals surface area contributed by atoms with Crippen molar-refractivity contribution in [3.8, 4) is 0 Å². The number of nitrogens with one attached hydrogen (secondary N) is 1. The lowest BCUT2D eigenvalue weighted by molar-refractivity contribution is -0.124. The minimum absolute atomic E-state index is 0.0666. The molecule has 0 bridgehead atoms. The van der Waals surface area contributed by atoms with Gasteiger partial charge in [-0.25, -0.2) is 4.39 Å². The predicted octanol–water partition coefficient (Wildman–Crippen LogP) is 3.82. The average molecular weight is 454 g/mol. The van der Waals surface area contributed by atoms with Gasteiger partial charge in [-0.1, -0.05) is 36.4 Å². The Labute approximate surface area is 190 Å². The molecule has 1 atom stereocenters. The quantitative estimate of drug-likeness (QED) is 0.674. The van der Waals surface area contributed by atoms with E-state index in [0.29, 0.717) is 0 Å². The molecule has 8 heteroatoms. The predicted molar refractivity (Wildman–Crippen MR) is 124 cm³/mol. The zero-order chi connectivity index (χ0) is 22.7. The van der Waals surface area contributed by atoms with E-state index >= 15 is 0 Å². The summed E-state index contributed by atoms with van der Waals surface area (Å²) in [6.45, 7) is 2.55. The van der Waals surface area contributed by atoms with Gasteiger partial charge in [0.1, 0.15) is 5.82 Å². The number of nitrogens with zero attached hydrogens (tertiary/aromatic N) is 2. The molecule has 2 heterocycles. The molecule has 2 aromatic rings. The topological polar surface area (TPSA) is 69.7 Å². The maximum atomic E-state index is 13.9. The van der Waals surface area contributed by atoms with Crippen molar-refractivity contribution in [3.05, 3.63) is 70.4 Å². The zero-order valence-electron chi connectivity index (χ0n) is 17.7. The van der Waals surface area contributed by atoms with Crippen LogP contribution in [0.3, 0.4) is 0 Å². The highest BCUT2D eigenvalue weighted by Crippen LogP contribution is 2.32. The van der Waals surface area contributed by atoms with Crippen LogP contribution in [0.25, 0.3) is 6.08 Å². The minimum Gasteiger partial charge on any atom is -0.359 e. The molecule has 1 saturated heterocycles. The number of carbonyl (C=O) groups is 3. The number of hydrogen-bond acceptors (Lipinski definition) is 5. The number of amides is 3. The van der Waals surface area contributed by atoms with Gasteiger partial charge in [0.05, 0.1) is 11.4 Å². The number of para-hydroxylation sites is 1. The van der Waals surface area contributed by atoms with Crippen molar-refractivity contribution in [1.29, 1.82) is 0 Å². The van der Waals surface area contributed by atoms with Crippen LogP contribution in [0.15, 0.2) is 53.4 Å². The van der Waals surface area contributed by atoms with Gasteiger partial charge in [0.2, 0.25) is 5.91 Å². The molecule has 1 fully saturated rings. The number of rotatable bonds is 6. The molecule has 0 aromatic heterocycles. The second kappa shape index (κ2) is 9.56. The van der Waals surface area contributed by atoms with Gasteiger partial charge in [-0.05, 0) is 55.3 Å². The van der Waals surface area contributed by atoms with Crippen molar-refractivity contribution in [1.82, 2.24) is 10.2 Å². The van der Waals surface area contributed by atoms with Gasteiger partial charge in [0, 0.05) is 30.4 Å². The summed E-state index contributed by atoms with van der Waals surface area (Å²) in [6, 6.07) is 14.4. The van der Waals surface area contributed by atoms with Crippen molar-refractivity contribution in [2.45, 2.75) is 25.8 Å². The van der Waals surface area contributed by atoms with Crippen LogP contribution >= 0.6 is 11.8 Å². The molecular weight excluding hydrogens is 429 g/mol. The van der Waals surface area contributed by atoms with E-state index in [9.17, 15) is 18.8 Å². The number of fused-ring (bicyclic) bond motifs is 1. The summed E-state index contributed by atoms with van der Waals surface area (Å²) in [4.78, 5) is 40.7. The van der Waals surface area contributed by atoms with Crippen LogP contribution in [0, 0.1) is 5.82 Å². The van der Waals surface area contributed by atoms with Gasteiger partial charge in [-0.15, -0.1) is 0 Å². The lowest BCUT2D eigenvalue weighted by atomic mass is 9.97. The van der Waals surface area contributed by atoms with Crippen molar-refractivity contribution >= 4 is 40.6 Å².